The third-order valence-corrected chi connectivity index (χ3v) is 4.00. The number of methoxy groups -OCH3 is 1. The van der Waals surface area contributed by atoms with Crippen molar-refractivity contribution in [3.63, 3.8) is 0 Å². The third kappa shape index (κ3) is 8.90. The van der Waals surface area contributed by atoms with Crippen LogP contribution in [0, 0.1) is 0 Å². The Hall–Kier alpha value is -4.08. The van der Waals surface area contributed by atoms with Gasteiger partial charge in [0.15, 0.2) is 18.1 Å². The normalized spacial score (nSPS) is 10.4. The molecule has 0 aromatic heterocycles. The number of ether oxygens (including phenoxy) is 4. The molecule has 0 radical (unpaired) electrons. The minimum Gasteiger partial charge on any atom is -0.497 e. The molecular formula is C23H27N3O7. The monoisotopic (exact) mass is 457 g/mol. The summed E-state index contributed by atoms with van der Waals surface area (Å²) in [5.41, 5.74) is 3.43. The maximum Gasteiger partial charge on any atom is 0.344 e. The van der Waals surface area contributed by atoms with Crippen LogP contribution >= 0.6 is 0 Å². The minimum atomic E-state index is -0.578. The number of anilines is 1. The SMILES string of the molecule is CCOC(=O)COc1ccc(C=NNC(=O)CC(=O)Nc2cccc(OC)c2)cc1OCC. The molecule has 0 aliphatic rings. The van der Waals surface area contributed by atoms with E-state index in [-0.39, 0.29) is 13.2 Å². The number of hydrazone groups is 1. The molecule has 0 bridgehead atoms. The topological polar surface area (TPSA) is 125 Å². The lowest BCUT2D eigenvalue weighted by atomic mass is 10.2. The van der Waals surface area contributed by atoms with Crippen molar-refractivity contribution in [2.45, 2.75) is 20.3 Å². The number of carbonyl (C=O) groups is 3. The molecule has 0 fully saturated rings. The van der Waals surface area contributed by atoms with Crippen molar-refractivity contribution >= 4 is 29.7 Å². The summed E-state index contributed by atoms with van der Waals surface area (Å²) in [4.78, 5) is 35.5. The highest BCUT2D eigenvalue weighted by Crippen LogP contribution is 2.28. The highest BCUT2D eigenvalue weighted by molar-refractivity contribution is 6.03. The van der Waals surface area contributed by atoms with Gasteiger partial charge in [0.1, 0.15) is 12.2 Å². The van der Waals surface area contributed by atoms with Crippen molar-refractivity contribution in [2.24, 2.45) is 5.10 Å². The number of hydrogen-bond donors (Lipinski definition) is 2. The maximum atomic E-state index is 12.0. The van der Waals surface area contributed by atoms with Crippen LogP contribution < -0.4 is 25.0 Å². The summed E-state index contributed by atoms with van der Waals surface area (Å²) in [6.45, 7) is 3.94. The van der Waals surface area contributed by atoms with E-state index in [4.69, 9.17) is 18.9 Å². The van der Waals surface area contributed by atoms with Gasteiger partial charge >= 0.3 is 5.97 Å². The van der Waals surface area contributed by atoms with E-state index in [0.717, 1.165) is 0 Å². The second-order valence-corrected chi connectivity index (χ2v) is 6.48. The van der Waals surface area contributed by atoms with Crippen LogP contribution in [0.4, 0.5) is 5.69 Å². The quantitative estimate of drug-likeness (QED) is 0.217. The Kier molecular flexibility index (Phi) is 10.2. The van der Waals surface area contributed by atoms with E-state index in [1.54, 1.807) is 49.4 Å². The summed E-state index contributed by atoms with van der Waals surface area (Å²) in [6.07, 6.45) is 0.995. The number of rotatable bonds is 12. The fourth-order valence-corrected chi connectivity index (χ4v) is 2.60. The number of carbonyl (C=O) groups excluding carboxylic acids is 3. The zero-order valence-electron chi connectivity index (χ0n) is 18.8. The van der Waals surface area contributed by atoms with Gasteiger partial charge in [-0.25, -0.2) is 10.2 Å². The smallest absolute Gasteiger partial charge is 0.344 e. The molecule has 10 heteroatoms. The number of benzene rings is 2. The molecule has 2 aromatic rings. The van der Waals surface area contributed by atoms with Crippen LogP contribution in [0.5, 0.6) is 17.2 Å². The standard InChI is InChI=1S/C23H27N3O7/c1-4-31-20-11-16(9-10-19(20)33-15-23(29)32-5-2)14-24-26-22(28)13-21(27)25-17-7-6-8-18(12-17)30-3/h6-12,14H,4-5,13,15H2,1-3H3,(H,25,27)(H,26,28). The van der Waals surface area contributed by atoms with Crippen LogP contribution in [-0.4, -0.2) is 50.9 Å². The first kappa shape index (κ1) is 25.2. The lowest BCUT2D eigenvalue weighted by Gasteiger charge is -2.12. The van der Waals surface area contributed by atoms with Gasteiger partial charge in [-0.1, -0.05) is 6.07 Å². The van der Waals surface area contributed by atoms with Gasteiger partial charge < -0.3 is 24.3 Å². The summed E-state index contributed by atoms with van der Waals surface area (Å²) < 4.78 is 20.9. The van der Waals surface area contributed by atoms with Crippen LogP contribution in [0.1, 0.15) is 25.8 Å². The first-order chi connectivity index (χ1) is 15.9. The molecule has 2 N–H and O–H groups in total. The lowest BCUT2D eigenvalue weighted by molar-refractivity contribution is -0.145. The molecule has 2 rings (SSSR count). The van der Waals surface area contributed by atoms with E-state index < -0.39 is 24.2 Å². The molecule has 0 heterocycles. The van der Waals surface area contributed by atoms with Gasteiger partial charge in [-0.2, -0.15) is 5.10 Å². The van der Waals surface area contributed by atoms with Crippen LogP contribution in [0.2, 0.25) is 0 Å². The van der Waals surface area contributed by atoms with Crippen molar-refractivity contribution in [3.8, 4) is 17.2 Å². The molecular weight excluding hydrogens is 430 g/mol. The Labute approximate surface area is 191 Å². The third-order valence-electron chi connectivity index (χ3n) is 4.00. The average Bonchev–Trinajstić information content (AvgIpc) is 2.79. The number of nitrogens with one attached hydrogen (secondary N) is 2. The fraction of sp³-hybridized carbons (Fsp3) is 0.304. The van der Waals surface area contributed by atoms with Gasteiger partial charge in [-0.15, -0.1) is 0 Å². The zero-order chi connectivity index (χ0) is 24.1. The van der Waals surface area contributed by atoms with E-state index in [9.17, 15) is 14.4 Å². The number of amides is 2. The van der Waals surface area contributed by atoms with Crippen molar-refractivity contribution in [3.05, 3.63) is 48.0 Å². The van der Waals surface area contributed by atoms with E-state index >= 15 is 0 Å². The number of hydrogen-bond acceptors (Lipinski definition) is 8. The molecule has 10 nitrogen and oxygen atoms in total. The molecule has 2 amide bonds. The predicted octanol–water partition coefficient (Wildman–Crippen LogP) is 2.51. The Morgan fingerprint density at radius 3 is 2.52 bits per heavy atom. The predicted molar refractivity (Wildman–Crippen MR) is 122 cm³/mol. The first-order valence-corrected chi connectivity index (χ1v) is 10.3. The highest BCUT2D eigenvalue weighted by Gasteiger charge is 2.11. The molecule has 0 spiro atoms. The fourth-order valence-electron chi connectivity index (χ4n) is 2.60. The molecule has 0 aliphatic carbocycles. The summed E-state index contributed by atoms with van der Waals surface area (Å²) in [7, 11) is 1.52. The van der Waals surface area contributed by atoms with E-state index in [1.165, 1.54) is 13.3 Å². The number of nitrogens with zero attached hydrogens (tertiary/aromatic N) is 1. The highest BCUT2D eigenvalue weighted by atomic mass is 16.6. The van der Waals surface area contributed by atoms with E-state index in [0.29, 0.717) is 35.1 Å². The molecule has 0 saturated carbocycles. The second kappa shape index (κ2) is 13.4. The largest absolute Gasteiger partial charge is 0.497 e. The Morgan fingerprint density at radius 1 is 0.970 bits per heavy atom. The first-order valence-electron chi connectivity index (χ1n) is 10.3. The van der Waals surface area contributed by atoms with Gasteiger partial charge in [0.05, 0.1) is 26.5 Å². The molecule has 0 aliphatic heterocycles. The van der Waals surface area contributed by atoms with Crippen LogP contribution in [0.15, 0.2) is 47.6 Å². The van der Waals surface area contributed by atoms with Gasteiger partial charge in [0.2, 0.25) is 11.8 Å². The minimum absolute atomic E-state index is 0.241. The van der Waals surface area contributed by atoms with Gasteiger partial charge in [0.25, 0.3) is 0 Å². The Bertz CT molecular complexity index is 992. The van der Waals surface area contributed by atoms with Crippen LogP contribution in [-0.2, 0) is 19.1 Å². The second-order valence-electron chi connectivity index (χ2n) is 6.48. The molecule has 0 unspecified atom stereocenters. The zero-order valence-corrected chi connectivity index (χ0v) is 18.8. The lowest BCUT2D eigenvalue weighted by Crippen LogP contribution is -2.24. The van der Waals surface area contributed by atoms with Crippen molar-refractivity contribution in [1.82, 2.24) is 5.43 Å². The maximum absolute atomic E-state index is 12.0. The molecule has 0 atom stereocenters. The molecule has 176 valence electrons. The molecule has 0 saturated heterocycles. The summed E-state index contributed by atoms with van der Waals surface area (Å²) >= 11 is 0. The summed E-state index contributed by atoms with van der Waals surface area (Å²) in [6, 6.07) is 11.7. The van der Waals surface area contributed by atoms with Crippen molar-refractivity contribution < 1.29 is 33.3 Å². The average molecular weight is 457 g/mol. The van der Waals surface area contributed by atoms with Gasteiger partial charge in [-0.05, 0) is 49.7 Å². The van der Waals surface area contributed by atoms with Crippen molar-refractivity contribution in [1.29, 1.82) is 0 Å². The van der Waals surface area contributed by atoms with E-state index in [2.05, 4.69) is 15.8 Å². The molecule has 33 heavy (non-hydrogen) atoms. The summed E-state index contributed by atoms with van der Waals surface area (Å²) in [5.74, 6) is -0.173. The Morgan fingerprint density at radius 2 is 1.79 bits per heavy atom. The van der Waals surface area contributed by atoms with E-state index in [1.807, 2.05) is 6.92 Å². The van der Waals surface area contributed by atoms with Crippen LogP contribution in [0.3, 0.4) is 0 Å². The van der Waals surface area contributed by atoms with Gasteiger partial charge in [-0.3, -0.25) is 9.59 Å². The molecule has 2 aromatic carbocycles. The van der Waals surface area contributed by atoms with Crippen molar-refractivity contribution in [2.75, 3.05) is 32.2 Å². The van der Waals surface area contributed by atoms with Crippen LogP contribution in [0.25, 0.3) is 0 Å². The number of esters is 1. The Balaban J connectivity index is 1.89. The van der Waals surface area contributed by atoms with Gasteiger partial charge in [0, 0.05) is 11.8 Å². The summed E-state index contributed by atoms with van der Waals surface area (Å²) in [5, 5.41) is 6.48.